The van der Waals surface area contributed by atoms with Crippen LogP contribution in [0.4, 0.5) is 0 Å². The molecule has 22 heavy (non-hydrogen) atoms. The molecule has 0 N–H and O–H groups in total. The van der Waals surface area contributed by atoms with Crippen LogP contribution in [0.5, 0.6) is 0 Å². The van der Waals surface area contributed by atoms with Crippen molar-refractivity contribution in [1.82, 2.24) is 9.88 Å². The Morgan fingerprint density at radius 3 is 2.91 bits per heavy atom. The summed E-state index contributed by atoms with van der Waals surface area (Å²) in [5, 5.41) is 3.25. The van der Waals surface area contributed by atoms with Gasteiger partial charge in [-0.15, -0.1) is 11.3 Å². The van der Waals surface area contributed by atoms with Crippen LogP contribution in [0.15, 0.2) is 5.38 Å². The van der Waals surface area contributed by atoms with Crippen LogP contribution in [0.2, 0.25) is 0 Å². The van der Waals surface area contributed by atoms with Crippen molar-refractivity contribution < 1.29 is 13.2 Å². The summed E-state index contributed by atoms with van der Waals surface area (Å²) in [7, 11) is -2.87. The summed E-state index contributed by atoms with van der Waals surface area (Å²) < 4.78 is 29.4. The number of nitrogens with zero attached hydrogens (tertiary/aromatic N) is 2. The van der Waals surface area contributed by atoms with Gasteiger partial charge < -0.3 is 4.74 Å². The minimum atomic E-state index is -2.87. The first kappa shape index (κ1) is 16.4. The number of hydrogen-bond acceptors (Lipinski definition) is 6. The molecule has 1 aromatic rings. The van der Waals surface area contributed by atoms with Crippen LogP contribution in [0.25, 0.3) is 0 Å². The third kappa shape index (κ3) is 4.07. The number of ether oxygens (including phenoxy) is 1. The highest BCUT2D eigenvalue weighted by atomic mass is 32.2. The maximum atomic E-state index is 11.8. The Morgan fingerprint density at radius 2 is 2.32 bits per heavy atom. The normalized spacial score (nSPS) is 27.7. The summed E-state index contributed by atoms with van der Waals surface area (Å²) in [6, 6.07) is 0.112. The fourth-order valence-electron chi connectivity index (χ4n) is 3.25. The summed E-state index contributed by atoms with van der Waals surface area (Å²) in [5.41, 5.74) is 1.06. The van der Waals surface area contributed by atoms with E-state index in [0.717, 1.165) is 56.1 Å². The van der Waals surface area contributed by atoms with Gasteiger partial charge in [0.25, 0.3) is 0 Å². The van der Waals surface area contributed by atoms with E-state index in [1.165, 1.54) is 0 Å². The third-order valence-corrected chi connectivity index (χ3v) is 7.25. The Kier molecular flexibility index (Phi) is 5.17. The van der Waals surface area contributed by atoms with Crippen LogP contribution in [-0.2, 0) is 27.5 Å². The summed E-state index contributed by atoms with van der Waals surface area (Å²) in [6.07, 6.45) is 4.12. The molecule has 3 heterocycles. The van der Waals surface area contributed by atoms with E-state index in [1.54, 1.807) is 11.3 Å². The van der Waals surface area contributed by atoms with Crippen LogP contribution in [0.1, 0.15) is 36.9 Å². The quantitative estimate of drug-likeness (QED) is 0.788. The molecule has 2 fully saturated rings. The minimum Gasteiger partial charge on any atom is -0.377 e. The highest BCUT2D eigenvalue weighted by Crippen LogP contribution is 2.23. The standard InChI is InChI=1S/C15H24N2O3S2/c1-2-15-16-12(10-21-15)8-17(9-14-4-3-6-20-14)13-5-7-22(18,19)11-13/h10,13-14H,2-9,11H2,1H3/t13-,14+/m0/s1. The first-order valence-corrected chi connectivity index (χ1v) is 10.7. The zero-order chi connectivity index (χ0) is 15.6. The smallest absolute Gasteiger partial charge is 0.151 e. The zero-order valence-electron chi connectivity index (χ0n) is 13.0. The topological polar surface area (TPSA) is 59.5 Å². The maximum Gasteiger partial charge on any atom is 0.151 e. The Labute approximate surface area is 136 Å². The molecule has 2 atom stereocenters. The largest absolute Gasteiger partial charge is 0.377 e. The number of aryl methyl sites for hydroxylation is 1. The number of aromatic nitrogens is 1. The van der Waals surface area contributed by atoms with Gasteiger partial charge in [-0.25, -0.2) is 13.4 Å². The Hall–Kier alpha value is -0.500. The van der Waals surface area contributed by atoms with Gasteiger partial charge in [-0.3, -0.25) is 4.90 Å². The van der Waals surface area contributed by atoms with Gasteiger partial charge in [0.1, 0.15) is 0 Å². The average Bonchev–Trinajstić information content (AvgIpc) is 3.19. The van der Waals surface area contributed by atoms with Gasteiger partial charge in [0, 0.05) is 31.1 Å². The molecule has 2 aliphatic heterocycles. The molecule has 3 rings (SSSR count). The van der Waals surface area contributed by atoms with Gasteiger partial charge in [-0.2, -0.15) is 0 Å². The lowest BCUT2D eigenvalue weighted by molar-refractivity contribution is 0.0570. The third-order valence-electron chi connectivity index (χ3n) is 4.45. The van der Waals surface area contributed by atoms with E-state index in [-0.39, 0.29) is 17.9 Å². The van der Waals surface area contributed by atoms with E-state index in [4.69, 9.17) is 4.74 Å². The summed E-state index contributed by atoms with van der Waals surface area (Å²) in [5.74, 6) is 0.599. The van der Waals surface area contributed by atoms with Crippen LogP contribution < -0.4 is 0 Å². The van der Waals surface area contributed by atoms with Gasteiger partial charge in [0.2, 0.25) is 0 Å². The second-order valence-electron chi connectivity index (χ2n) is 6.21. The van der Waals surface area contributed by atoms with Crippen molar-refractivity contribution in [3.05, 3.63) is 16.1 Å². The maximum absolute atomic E-state index is 11.8. The molecule has 0 saturated carbocycles. The van der Waals surface area contributed by atoms with E-state index in [0.29, 0.717) is 5.75 Å². The minimum absolute atomic E-state index is 0.112. The van der Waals surface area contributed by atoms with Crippen molar-refractivity contribution in [1.29, 1.82) is 0 Å². The molecule has 0 amide bonds. The molecular weight excluding hydrogens is 320 g/mol. The Balaban J connectivity index is 1.70. The molecule has 2 saturated heterocycles. The molecule has 0 aromatic carbocycles. The molecule has 5 nitrogen and oxygen atoms in total. The van der Waals surface area contributed by atoms with Crippen molar-refractivity contribution in [3.63, 3.8) is 0 Å². The predicted octanol–water partition coefficient (Wildman–Crippen LogP) is 1.87. The monoisotopic (exact) mass is 344 g/mol. The van der Waals surface area contributed by atoms with Crippen LogP contribution in [0, 0.1) is 0 Å². The van der Waals surface area contributed by atoms with Crippen molar-refractivity contribution in [2.75, 3.05) is 24.7 Å². The number of sulfone groups is 1. The van der Waals surface area contributed by atoms with Gasteiger partial charge in [0.15, 0.2) is 9.84 Å². The Morgan fingerprint density at radius 1 is 1.45 bits per heavy atom. The van der Waals surface area contributed by atoms with Crippen molar-refractivity contribution in [3.8, 4) is 0 Å². The first-order valence-electron chi connectivity index (χ1n) is 8.05. The number of hydrogen-bond donors (Lipinski definition) is 0. The molecule has 0 unspecified atom stereocenters. The molecule has 124 valence electrons. The van der Waals surface area contributed by atoms with E-state index in [9.17, 15) is 8.42 Å². The van der Waals surface area contributed by atoms with Gasteiger partial charge >= 0.3 is 0 Å². The second-order valence-corrected chi connectivity index (χ2v) is 9.38. The molecule has 2 aliphatic rings. The predicted molar refractivity (Wildman–Crippen MR) is 87.9 cm³/mol. The summed E-state index contributed by atoms with van der Waals surface area (Å²) in [4.78, 5) is 6.92. The number of rotatable bonds is 6. The van der Waals surface area contributed by atoms with Crippen molar-refractivity contribution >= 4 is 21.2 Å². The van der Waals surface area contributed by atoms with Gasteiger partial charge in [-0.1, -0.05) is 6.92 Å². The lowest BCUT2D eigenvalue weighted by atomic mass is 10.1. The SMILES string of the molecule is CCc1nc(CN(C[C@H]2CCCO2)[C@H]2CCS(=O)(=O)C2)cs1. The molecule has 7 heteroatoms. The van der Waals surface area contributed by atoms with Crippen LogP contribution in [0.3, 0.4) is 0 Å². The molecule has 0 spiro atoms. The molecule has 0 radical (unpaired) electrons. The van der Waals surface area contributed by atoms with Crippen LogP contribution in [-0.4, -0.2) is 55.1 Å². The molecule has 1 aromatic heterocycles. The molecule has 0 bridgehead atoms. The van der Waals surface area contributed by atoms with E-state index in [1.807, 2.05) is 0 Å². The zero-order valence-corrected chi connectivity index (χ0v) is 14.7. The number of thiazole rings is 1. The summed E-state index contributed by atoms with van der Waals surface area (Å²) in [6.45, 7) is 4.49. The summed E-state index contributed by atoms with van der Waals surface area (Å²) >= 11 is 1.69. The fourth-order valence-corrected chi connectivity index (χ4v) is 5.75. The average molecular weight is 345 g/mol. The first-order chi connectivity index (χ1) is 10.6. The molecular formula is C15H24N2O3S2. The second kappa shape index (κ2) is 6.95. The Bertz CT molecular complexity index is 594. The highest BCUT2D eigenvalue weighted by Gasteiger charge is 2.34. The van der Waals surface area contributed by atoms with Crippen molar-refractivity contribution in [2.24, 2.45) is 0 Å². The van der Waals surface area contributed by atoms with Crippen molar-refractivity contribution in [2.45, 2.75) is 51.3 Å². The lowest BCUT2D eigenvalue weighted by Crippen LogP contribution is -2.40. The van der Waals surface area contributed by atoms with E-state index in [2.05, 4.69) is 22.2 Å². The highest BCUT2D eigenvalue weighted by molar-refractivity contribution is 7.91. The van der Waals surface area contributed by atoms with E-state index >= 15 is 0 Å². The van der Waals surface area contributed by atoms with Crippen LogP contribution >= 0.6 is 11.3 Å². The molecule has 0 aliphatic carbocycles. The van der Waals surface area contributed by atoms with Gasteiger partial charge in [-0.05, 0) is 25.7 Å². The van der Waals surface area contributed by atoms with E-state index < -0.39 is 9.84 Å². The lowest BCUT2D eigenvalue weighted by Gasteiger charge is -2.29. The fraction of sp³-hybridized carbons (Fsp3) is 0.800. The van der Waals surface area contributed by atoms with Gasteiger partial charge in [0.05, 0.1) is 28.3 Å².